The molecule has 0 heterocycles. The van der Waals surface area contributed by atoms with Gasteiger partial charge < -0.3 is 0 Å². The van der Waals surface area contributed by atoms with Gasteiger partial charge in [-0.05, 0) is 32.1 Å². The Balaban J connectivity index is 2.00. The second-order valence-corrected chi connectivity index (χ2v) is 6.34. The molecule has 0 unspecified atom stereocenters. The molecule has 0 bridgehead atoms. The summed E-state index contributed by atoms with van der Waals surface area (Å²) in [7, 11) is 2.33. The van der Waals surface area contributed by atoms with Crippen LogP contribution in [0.5, 0.6) is 0 Å². The molecule has 2 saturated carbocycles. The summed E-state index contributed by atoms with van der Waals surface area (Å²) in [6.07, 6.45) is 15.7. The number of rotatable bonds is 5. The van der Waals surface area contributed by atoms with Crippen LogP contribution in [0.2, 0.25) is 0 Å². The van der Waals surface area contributed by atoms with E-state index < -0.39 is 0 Å². The molecule has 2 aliphatic carbocycles. The lowest BCUT2D eigenvalue weighted by atomic mass is 9.90. The highest BCUT2D eigenvalue weighted by atomic mass is 15.6. The van der Waals surface area contributed by atoms with E-state index in [1.807, 2.05) is 0 Å². The van der Waals surface area contributed by atoms with Gasteiger partial charge in [0.2, 0.25) is 0 Å². The second kappa shape index (κ2) is 7.49. The molecule has 18 heavy (non-hydrogen) atoms. The summed E-state index contributed by atoms with van der Waals surface area (Å²) in [6, 6.07) is 1.69. The summed E-state index contributed by atoms with van der Waals surface area (Å²) in [5, 5.41) is 5.37. The second-order valence-electron chi connectivity index (χ2n) is 6.34. The van der Waals surface area contributed by atoms with Gasteiger partial charge in [0.1, 0.15) is 0 Å². The number of hydrogen-bond donors (Lipinski definition) is 0. The molecule has 0 aromatic carbocycles. The van der Waals surface area contributed by atoms with Crippen LogP contribution in [0.15, 0.2) is 0 Å². The van der Waals surface area contributed by atoms with Crippen LogP contribution in [0, 0.1) is 0 Å². The Morgan fingerprint density at radius 3 is 1.61 bits per heavy atom. The van der Waals surface area contributed by atoms with Crippen molar-refractivity contribution < 1.29 is 0 Å². The minimum Gasteiger partial charge on any atom is -0.244 e. The van der Waals surface area contributed by atoms with Crippen LogP contribution < -0.4 is 0 Å². The maximum atomic E-state index is 2.81. The van der Waals surface area contributed by atoms with Gasteiger partial charge in [0.15, 0.2) is 0 Å². The smallest absolute Gasteiger partial charge is 0.0248 e. The molecule has 0 amide bonds. The van der Waals surface area contributed by atoms with E-state index >= 15 is 0 Å². The van der Waals surface area contributed by atoms with Gasteiger partial charge in [0.25, 0.3) is 0 Å². The predicted octanol–water partition coefficient (Wildman–Crippen LogP) is 4.21. The molecule has 106 valence electrons. The molecule has 0 aromatic heterocycles. The highest BCUT2D eigenvalue weighted by Crippen LogP contribution is 2.30. The van der Waals surface area contributed by atoms with Crippen LogP contribution in [0.3, 0.4) is 0 Å². The lowest BCUT2D eigenvalue weighted by Gasteiger charge is -2.46. The molecular weight excluding hydrogens is 220 g/mol. The number of hydrazine groups is 1. The van der Waals surface area contributed by atoms with Crippen molar-refractivity contribution in [2.24, 2.45) is 0 Å². The van der Waals surface area contributed by atoms with Crippen molar-refractivity contribution in [2.75, 3.05) is 13.6 Å². The van der Waals surface area contributed by atoms with E-state index in [4.69, 9.17) is 0 Å². The van der Waals surface area contributed by atoms with Crippen molar-refractivity contribution in [3.8, 4) is 0 Å². The first kappa shape index (κ1) is 14.3. The molecule has 2 fully saturated rings. The monoisotopic (exact) mass is 252 g/mol. The third-order valence-electron chi connectivity index (χ3n) is 4.84. The van der Waals surface area contributed by atoms with Crippen LogP contribution in [-0.2, 0) is 0 Å². The largest absolute Gasteiger partial charge is 0.244 e. The molecule has 0 aliphatic heterocycles. The molecule has 2 rings (SSSR count). The summed E-state index contributed by atoms with van der Waals surface area (Å²) in [4.78, 5) is 0. The molecule has 0 spiro atoms. The lowest BCUT2D eigenvalue weighted by molar-refractivity contribution is -0.0952. The van der Waals surface area contributed by atoms with Crippen molar-refractivity contribution in [3.05, 3.63) is 0 Å². The van der Waals surface area contributed by atoms with Gasteiger partial charge in [-0.3, -0.25) is 0 Å². The van der Waals surface area contributed by atoms with Crippen LogP contribution in [0.25, 0.3) is 0 Å². The number of nitrogens with zero attached hydrogens (tertiary/aromatic N) is 2. The van der Waals surface area contributed by atoms with Gasteiger partial charge in [-0.2, -0.15) is 0 Å². The molecule has 0 N–H and O–H groups in total. The van der Waals surface area contributed by atoms with E-state index in [2.05, 4.69) is 24.0 Å². The van der Waals surface area contributed by atoms with Crippen molar-refractivity contribution in [1.29, 1.82) is 0 Å². The average molecular weight is 252 g/mol. The van der Waals surface area contributed by atoms with E-state index in [9.17, 15) is 0 Å². The Hall–Kier alpha value is -0.0800. The van der Waals surface area contributed by atoms with Gasteiger partial charge >= 0.3 is 0 Å². The van der Waals surface area contributed by atoms with E-state index in [1.165, 1.54) is 77.2 Å². The molecule has 0 saturated heterocycles. The first-order valence-electron chi connectivity index (χ1n) is 8.32. The van der Waals surface area contributed by atoms with Crippen molar-refractivity contribution in [1.82, 2.24) is 10.0 Å². The summed E-state index contributed by atoms with van der Waals surface area (Å²) >= 11 is 0. The Morgan fingerprint density at radius 2 is 1.22 bits per heavy atom. The van der Waals surface area contributed by atoms with Gasteiger partial charge in [-0.25, -0.2) is 10.0 Å². The number of hydrogen-bond acceptors (Lipinski definition) is 2. The summed E-state index contributed by atoms with van der Waals surface area (Å²) in [6.45, 7) is 3.53. The van der Waals surface area contributed by atoms with Crippen molar-refractivity contribution >= 4 is 0 Å². The van der Waals surface area contributed by atoms with Crippen LogP contribution in [-0.4, -0.2) is 35.7 Å². The zero-order valence-corrected chi connectivity index (χ0v) is 12.5. The minimum absolute atomic E-state index is 0.846. The van der Waals surface area contributed by atoms with Gasteiger partial charge in [-0.15, -0.1) is 0 Å². The van der Waals surface area contributed by atoms with E-state index in [-0.39, 0.29) is 0 Å². The Kier molecular flexibility index (Phi) is 5.97. The first-order valence-corrected chi connectivity index (χ1v) is 8.32. The third kappa shape index (κ3) is 3.71. The van der Waals surface area contributed by atoms with Crippen molar-refractivity contribution in [2.45, 2.75) is 89.6 Å². The van der Waals surface area contributed by atoms with E-state index in [0.717, 1.165) is 12.1 Å². The standard InChI is InChI=1S/C16H32N2/c1-3-14-17(2)18(15-10-6-4-7-11-15)16-12-8-5-9-13-16/h15-16H,3-14H2,1-2H3. The summed E-state index contributed by atoms with van der Waals surface area (Å²) in [5.41, 5.74) is 0. The van der Waals surface area contributed by atoms with Crippen LogP contribution >= 0.6 is 0 Å². The fraction of sp³-hybridized carbons (Fsp3) is 1.00. The van der Waals surface area contributed by atoms with Gasteiger partial charge in [0.05, 0.1) is 0 Å². The fourth-order valence-corrected chi connectivity index (χ4v) is 3.99. The van der Waals surface area contributed by atoms with Gasteiger partial charge in [-0.1, -0.05) is 45.4 Å². The first-order chi connectivity index (χ1) is 8.83. The SMILES string of the molecule is CCCN(C)N(C1CCCCC1)C1CCCCC1. The average Bonchev–Trinajstić information content (AvgIpc) is 2.42. The van der Waals surface area contributed by atoms with Gasteiger partial charge in [0, 0.05) is 25.7 Å². The Bertz CT molecular complexity index is 199. The Labute approximate surface area is 114 Å². The minimum atomic E-state index is 0.846. The highest BCUT2D eigenvalue weighted by Gasteiger charge is 2.31. The highest BCUT2D eigenvalue weighted by molar-refractivity contribution is 4.82. The van der Waals surface area contributed by atoms with Crippen LogP contribution in [0.1, 0.15) is 77.6 Å². The summed E-state index contributed by atoms with van der Waals surface area (Å²) in [5.74, 6) is 0. The predicted molar refractivity (Wildman–Crippen MR) is 78.5 cm³/mol. The van der Waals surface area contributed by atoms with E-state index in [0.29, 0.717) is 0 Å². The fourth-order valence-electron chi connectivity index (χ4n) is 3.99. The maximum absolute atomic E-state index is 2.81. The molecular formula is C16H32N2. The zero-order chi connectivity index (χ0) is 12.8. The maximum Gasteiger partial charge on any atom is 0.0248 e. The molecule has 0 atom stereocenters. The molecule has 0 aromatic rings. The molecule has 2 nitrogen and oxygen atoms in total. The van der Waals surface area contributed by atoms with Crippen LogP contribution in [0.4, 0.5) is 0 Å². The zero-order valence-electron chi connectivity index (χ0n) is 12.5. The molecule has 2 aliphatic rings. The Morgan fingerprint density at radius 1 is 0.778 bits per heavy atom. The van der Waals surface area contributed by atoms with Crippen molar-refractivity contribution in [3.63, 3.8) is 0 Å². The van der Waals surface area contributed by atoms with E-state index in [1.54, 1.807) is 0 Å². The quantitative estimate of drug-likeness (QED) is 0.676. The molecule has 0 radical (unpaired) electrons. The lowest BCUT2D eigenvalue weighted by Crippen LogP contribution is -2.53. The normalized spacial score (nSPS) is 24.0. The third-order valence-corrected chi connectivity index (χ3v) is 4.84. The summed E-state index contributed by atoms with van der Waals surface area (Å²) < 4.78 is 0. The topological polar surface area (TPSA) is 6.48 Å². The molecule has 2 heteroatoms.